The summed E-state index contributed by atoms with van der Waals surface area (Å²) >= 11 is 0. The summed E-state index contributed by atoms with van der Waals surface area (Å²) in [4.78, 5) is 16.9. The largest absolute Gasteiger partial charge is 0.527 e. The Balaban J connectivity index is 3.68. The zero-order valence-electron chi connectivity index (χ0n) is 16.3. The van der Waals surface area contributed by atoms with Gasteiger partial charge in [0.05, 0.1) is 6.61 Å². The number of carbonyl (C=O) groups is 1. The van der Waals surface area contributed by atoms with E-state index in [1.165, 1.54) is 57.8 Å². The van der Waals surface area contributed by atoms with Gasteiger partial charge in [0.2, 0.25) is 0 Å². The van der Waals surface area contributed by atoms with Crippen molar-refractivity contribution in [1.82, 2.24) is 5.06 Å². The van der Waals surface area contributed by atoms with E-state index in [4.69, 9.17) is 21.0 Å². The van der Waals surface area contributed by atoms with Gasteiger partial charge in [0.25, 0.3) is 0 Å². The zero-order valence-corrected chi connectivity index (χ0v) is 16.3. The molecular formula is C19H41N3O3. The third-order valence-corrected chi connectivity index (χ3v) is 4.14. The first kappa shape index (κ1) is 24.1. The SMILES string of the molecule is CCCCCCCCCCCCN(CCCN)OC(=O)OCCCN. The molecule has 0 aromatic carbocycles. The van der Waals surface area contributed by atoms with Gasteiger partial charge in [0.15, 0.2) is 0 Å². The monoisotopic (exact) mass is 359 g/mol. The van der Waals surface area contributed by atoms with Crippen molar-refractivity contribution >= 4 is 6.16 Å². The minimum absolute atomic E-state index is 0.304. The maximum atomic E-state index is 11.6. The van der Waals surface area contributed by atoms with Crippen molar-refractivity contribution in [3.63, 3.8) is 0 Å². The smallest absolute Gasteiger partial charge is 0.433 e. The highest BCUT2D eigenvalue weighted by Gasteiger charge is 2.12. The molecule has 0 unspecified atom stereocenters. The second kappa shape index (κ2) is 19.5. The van der Waals surface area contributed by atoms with Crippen LogP contribution in [-0.4, -0.2) is 44.0 Å². The zero-order chi connectivity index (χ0) is 18.6. The van der Waals surface area contributed by atoms with E-state index in [0.29, 0.717) is 32.7 Å². The molecule has 0 aliphatic rings. The summed E-state index contributed by atoms with van der Waals surface area (Å²) < 4.78 is 4.98. The van der Waals surface area contributed by atoms with Crippen LogP contribution in [0.5, 0.6) is 0 Å². The first-order valence-corrected chi connectivity index (χ1v) is 10.2. The van der Waals surface area contributed by atoms with Gasteiger partial charge in [-0.2, -0.15) is 0 Å². The summed E-state index contributed by atoms with van der Waals surface area (Å²) in [6.45, 7) is 5.03. The molecule has 0 rings (SSSR count). The van der Waals surface area contributed by atoms with E-state index in [1.807, 2.05) is 0 Å². The van der Waals surface area contributed by atoms with Crippen molar-refractivity contribution in [3.05, 3.63) is 0 Å². The average Bonchev–Trinajstić information content (AvgIpc) is 2.61. The predicted molar refractivity (Wildman–Crippen MR) is 103 cm³/mol. The number of carbonyl (C=O) groups excluding carboxylic acids is 1. The third-order valence-electron chi connectivity index (χ3n) is 4.14. The fraction of sp³-hybridized carbons (Fsp3) is 0.947. The minimum atomic E-state index is -0.641. The number of nitrogens with two attached hydrogens (primary N) is 2. The van der Waals surface area contributed by atoms with Gasteiger partial charge in [-0.1, -0.05) is 64.7 Å². The highest BCUT2D eigenvalue weighted by Crippen LogP contribution is 2.11. The van der Waals surface area contributed by atoms with Crippen molar-refractivity contribution < 1.29 is 14.4 Å². The molecule has 0 radical (unpaired) electrons. The molecule has 0 heterocycles. The molecule has 0 aliphatic heterocycles. The van der Waals surface area contributed by atoms with Crippen molar-refractivity contribution in [1.29, 1.82) is 0 Å². The molecule has 25 heavy (non-hydrogen) atoms. The summed E-state index contributed by atoms with van der Waals surface area (Å²) in [6, 6.07) is 0. The lowest BCUT2D eigenvalue weighted by Gasteiger charge is -2.20. The highest BCUT2D eigenvalue weighted by atomic mass is 16.8. The van der Waals surface area contributed by atoms with Crippen LogP contribution in [0.25, 0.3) is 0 Å². The molecule has 0 atom stereocenters. The highest BCUT2D eigenvalue weighted by molar-refractivity contribution is 5.59. The molecule has 6 heteroatoms. The minimum Gasteiger partial charge on any atom is -0.433 e. The molecule has 0 spiro atoms. The van der Waals surface area contributed by atoms with E-state index in [1.54, 1.807) is 5.06 Å². The second-order valence-electron chi connectivity index (χ2n) is 6.59. The molecule has 0 fully saturated rings. The molecule has 4 N–H and O–H groups in total. The second-order valence-corrected chi connectivity index (χ2v) is 6.59. The lowest BCUT2D eigenvalue weighted by Crippen LogP contribution is -2.31. The topological polar surface area (TPSA) is 90.8 Å². The van der Waals surface area contributed by atoms with E-state index < -0.39 is 6.16 Å². The quantitative estimate of drug-likeness (QED) is 0.218. The Hall–Kier alpha value is -0.850. The van der Waals surface area contributed by atoms with Crippen LogP contribution < -0.4 is 11.5 Å². The molecule has 0 bridgehead atoms. The van der Waals surface area contributed by atoms with Gasteiger partial charge in [-0.05, 0) is 32.4 Å². The molecule has 6 nitrogen and oxygen atoms in total. The van der Waals surface area contributed by atoms with Crippen molar-refractivity contribution in [2.45, 2.75) is 84.0 Å². The standard InChI is InChI=1S/C19H41N3O3/c1-2-3-4-5-6-7-8-9-10-11-16-22(17-12-14-20)25-19(23)24-18-13-15-21/h2-18,20-21H2,1H3. The first-order chi connectivity index (χ1) is 12.2. The fourth-order valence-corrected chi connectivity index (χ4v) is 2.62. The number of rotatable bonds is 18. The maximum Gasteiger partial charge on any atom is 0.527 e. The van der Waals surface area contributed by atoms with Crippen LogP contribution in [0.3, 0.4) is 0 Å². The van der Waals surface area contributed by atoms with Gasteiger partial charge in [-0.25, -0.2) is 4.79 Å². The van der Waals surface area contributed by atoms with Crippen LogP contribution in [0.2, 0.25) is 0 Å². The van der Waals surface area contributed by atoms with Crippen molar-refractivity contribution in [2.24, 2.45) is 11.5 Å². The van der Waals surface area contributed by atoms with Gasteiger partial charge in [-0.15, -0.1) is 5.06 Å². The van der Waals surface area contributed by atoms with Crippen LogP contribution >= 0.6 is 0 Å². The van der Waals surface area contributed by atoms with Gasteiger partial charge in [0.1, 0.15) is 0 Å². The Bertz CT molecular complexity index is 291. The molecule has 0 aromatic heterocycles. The molecule has 0 aromatic rings. The van der Waals surface area contributed by atoms with Gasteiger partial charge >= 0.3 is 6.16 Å². The van der Waals surface area contributed by atoms with Gasteiger partial charge in [0, 0.05) is 13.1 Å². The fourth-order valence-electron chi connectivity index (χ4n) is 2.62. The number of ether oxygens (including phenoxy) is 1. The van der Waals surface area contributed by atoms with E-state index >= 15 is 0 Å². The lowest BCUT2D eigenvalue weighted by molar-refractivity contribution is -0.129. The Labute approximate surface area is 154 Å². The number of unbranched alkanes of at least 4 members (excludes halogenated alkanes) is 9. The Morgan fingerprint density at radius 2 is 1.28 bits per heavy atom. The van der Waals surface area contributed by atoms with Crippen LogP contribution in [-0.2, 0) is 9.57 Å². The van der Waals surface area contributed by atoms with Gasteiger partial charge in [-0.3, -0.25) is 0 Å². The Morgan fingerprint density at radius 1 is 0.760 bits per heavy atom. The van der Waals surface area contributed by atoms with E-state index in [9.17, 15) is 4.79 Å². The third kappa shape index (κ3) is 17.8. The Morgan fingerprint density at radius 3 is 1.84 bits per heavy atom. The lowest BCUT2D eigenvalue weighted by atomic mass is 10.1. The van der Waals surface area contributed by atoms with Crippen molar-refractivity contribution in [2.75, 3.05) is 32.8 Å². The summed E-state index contributed by atoms with van der Waals surface area (Å²) in [5.41, 5.74) is 10.9. The van der Waals surface area contributed by atoms with E-state index in [0.717, 1.165) is 19.4 Å². The van der Waals surface area contributed by atoms with Crippen LogP contribution in [0, 0.1) is 0 Å². The summed E-state index contributed by atoms with van der Waals surface area (Å²) in [7, 11) is 0. The summed E-state index contributed by atoms with van der Waals surface area (Å²) in [5, 5.41) is 1.68. The van der Waals surface area contributed by atoms with E-state index in [-0.39, 0.29) is 0 Å². The number of nitrogens with zero attached hydrogens (tertiary/aromatic N) is 1. The summed E-state index contributed by atoms with van der Waals surface area (Å²) in [6.07, 6.45) is 13.7. The normalized spacial score (nSPS) is 11.0. The van der Waals surface area contributed by atoms with Gasteiger partial charge < -0.3 is 21.0 Å². The van der Waals surface area contributed by atoms with Crippen molar-refractivity contribution in [3.8, 4) is 0 Å². The van der Waals surface area contributed by atoms with Crippen LogP contribution in [0.15, 0.2) is 0 Å². The maximum absolute atomic E-state index is 11.6. The van der Waals surface area contributed by atoms with Crippen LogP contribution in [0.4, 0.5) is 4.79 Å². The summed E-state index contributed by atoms with van der Waals surface area (Å²) in [5.74, 6) is 0. The molecule has 0 saturated carbocycles. The Kier molecular flexibility index (Phi) is 18.8. The number of hydrogen-bond acceptors (Lipinski definition) is 6. The average molecular weight is 360 g/mol. The first-order valence-electron chi connectivity index (χ1n) is 10.2. The molecule has 0 saturated heterocycles. The van der Waals surface area contributed by atoms with E-state index in [2.05, 4.69) is 6.92 Å². The molecular weight excluding hydrogens is 318 g/mol. The predicted octanol–water partition coefficient (Wildman–Crippen LogP) is 3.98. The molecule has 0 amide bonds. The number of hydroxylamine groups is 2. The molecule has 0 aliphatic carbocycles. The number of hydrogen-bond donors (Lipinski definition) is 2. The molecule has 150 valence electrons. The van der Waals surface area contributed by atoms with Crippen LogP contribution in [0.1, 0.15) is 84.0 Å².